The maximum absolute atomic E-state index is 11.3. The Morgan fingerprint density at radius 2 is 2.56 bits per heavy atom. The number of rotatable bonds is 5. The number of ether oxygens (including phenoxy) is 1. The van der Waals surface area contributed by atoms with Crippen molar-refractivity contribution in [1.82, 2.24) is 20.2 Å². The van der Waals surface area contributed by atoms with Crippen LogP contribution in [-0.2, 0) is 9.53 Å². The quantitative estimate of drug-likeness (QED) is 0.268. The molecule has 0 aliphatic heterocycles. The fourth-order valence-corrected chi connectivity index (χ4v) is 1.03. The highest BCUT2D eigenvalue weighted by molar-refractivity contribution is 5.79. The minimum Gasteiger partial charge on any atom is -0.390 e. The SMILES string of the molecule is COCC(C(=O)NN)n1cnc([N+](=O)[O-])n1. The third kappa shape index (κ3) is 2.49. The number of methoxy groups -OCH3 is 1. The number of nitrogens with zero attached hydrogens (tertiary/aromatic N) is 4. The molecular weight excluding hydrogens is 220 g/mol. The second kappa shape index (κ2) is 5.14. The molecule has 0 bridgehead atoms. The number of nitrogens with two attached hydrogens (primary N) is 1. The van der Waals surface area contributed by atoms with Crippen LogP contribution in [0.1, 0.15) is 6.04 Å². The lowest BCUT2D eigenvalue weighted by atomic mass is 10.3. The van der Waals surface area contributed by atoms with Gasteiger partial charge in [0, 0.05) is 12.2 Å². The molecule has 1 heterocycles. The second-order valence-corrected chi connectivity index (χ2v) is 2.76. The van der Waals surface area contributed by atoms with Crippen LogP contribution in [-0.4, -0.2) is 39.3 Å². The molecule has 1 atom stereocenters. The summed E-state index contributed by atoms with van der Waals surface area (Å²) >= 11 is 0. The summed E-state index contributed by atoms with van der Waals surface area (Å²) in [6.07, 6.45) is 1.07. The van der Waals surface area contributed by atoms with Gasteiger partial charge in [0.25, 0.3) is 5.91 Å². The number of amides is 1. The van der Waals surface area contributed by atoms with Crippen LogP contribution in [0, 0.1) is 10.1 Å². The van der Waals surface area contributed by atoms with Crippen LogP contribution in [0.4, 0.5) is 5.95 Å². The fourth-order valence-electron chi connectivity index (χ4n) is 1.03. The molecular formula is C6H10N6O4. The summed E-state index contributed by atoms with van der Waals surface area (Å²) in [7, 11) is 1.38. The van der Waals surface area contributed by atoms with E-state index in [1.54, 1.807) is 0 Å². The summed E-state index contributed by atoms with van der Waals surface area (Å²) in [5.41, 5.74) is 1.91. The summed E-state index contributed by atoms with van der Waals surface area (Å²) in [4.78, 5) is 24.3. The van der Waals surface area contributed by atoms with Gasteiger partial charge in [0.2, 0.25) is 6.33 Å². The van der Waals surface area contributed by atoms with Gasteiger partial charge in [-0.25, -0.2) is 5.84 Å². The van der Waals surface area contributed by atoms with Crippen molar-refractivity contribution < 1.29 is 14.5 Å². The van der Waals surface area contributed by atoms with E-state index in [-0.39, 0.29) is 6.61 Å². The molecule has 0 aliphatic rings. The molecule has 10 nitrogen and oxygen atoms in total. The zero-order chi connectivity index (χ0) is 12.1. The molecule has 1 aromatic heterocycles. The van der Waals surface area contributed by atoms with Gasteiger partial charge in [-0.3, -0.25) is 10.2 Å². The maximum atomic E-state index is 11.3. The van der Waals surface area contributed by atoms with Crippen LogP contribution in [0.2, 0.25) is 0 Å². The lowest BCUT2D eigenvalue weighted by Crippen LogP contribution is -2.39. The molecule has 1 rings (SSSR count). The first-order valence-corrected chi connectivity index (χ1v) is 4.15. The van der Waals surface area contributed by atoms with Gasteiger partial charge in [-0.15, -0.1) is 0 Å². The highest BCUT2D eigenvalue weighted by Crippen LogP contribution is 2.08. The van der Waals surface area contributed by atoms with E-state index in [4.69, 9.17) is 10.6 Å². The smallest absolute Gasteiger partial charge is 0.390 e. The van der Waals surface area contributed by atoms with Crippen molar-refractivity contribution in [2.45, 2.75) is 6.04 Å². The largest absolute Gasteiger partial charge is 0.490 e. The number of carbonyl (C=O) groups is 1. The van der Waals surface area contributed by atoms with Gasteiger partial charge in [0.15, 0.2) is 6.04 Å². The van der Waals surface area contributed by atoms with Gasteiger partial charge in [0.1, 0.15) is 0 Å². The van der Waals surface area contributed by atoms with Crippen LogP contribution in [0.5, 0.6) is 0 Å². The molecule has 1 amide bonds. The summed E-state index contributed by atoms with van der Waals surface area (Å²) in [5.74, 6) is 3.78. The Balaban J connectivity index is 2.92. The summed E-state index contributed by atoms with van der Waals surface area (Å²) in [6, 6.07) is -0.892. The van der Waals surface area contributed by atoms with Gasteiger partial charge in [-0.2, -0.15) is 4.68 Å². The second-order valence-electron chi connectivity index (χ2n) is 2.76. The first kappa shape index (κ1) is 12.0. The molecule has 0 aliphatic carbocycles. The van der Waals surface area contributed by atoms with Gasteiger partial charge in [0.05, 0.1) is 6.61 Å². The Hall–Kier alpha value is -2.07. The Bertz CT molecular complexity index is 390. The third-order valence-corrected chi connectivity index (χ3v) is 1.75. The first-order valence-electron chi connectivity index (χ1n) is 4.15. The molecule has 0 aromatic carbocycles. The van der Waals surface area contributed by atoms with Crippen molar-refractivity contribution in [1.29, 1.82) is 0 Å². The lowest BCUT2D eigenvalue weighted by molar-refractivity contribution is -0.394. The third-order valence-electron chi connectivity index (χ3n) is 1.75. The normalized spacial score (nSPS) is 12.1. The number of nitro groups is 1. The zero-order valence-corrected chi connectivity index (χ0v) is 8.36. The summed E-state index contributed by atoms with van der Waals surface area (Å²) in [6.45, 7) is -0.0243. The molecule has 1 aromatic rings. The van der Waals surface area contributed by atoms with Gasteiger partial charge < -0.3 is 14.9 Å². The number of nitrogens with one attached hydrogen (secondary N) is 1. The van der Waals surface area contributed by atoms with E-state index in [0.717, 1.165) is 11.0 Å². The summed E-state index contributed by atoms with van der Waals surface area (Å²) in [5, 5.41) is 13.9. The Labute approximate surface area is 89.5 Å². The number of hydrogen-bond acceptors (Lipinski definition) is 7. The molecule has 0 saturated heterocycles. The fraction of sp³-hybridized carbons (Fsp3) is 0.500. The van der Waals surface area contributed by atoms with Crippen molar-refractivity contribution in [3.05, 3.63) is 16.4 Å². The Morgan fingerprint density at radius 3 is 3.00 bits per heavy atom. The van der Waals surface area contributed by atoms with E-state index in [1.165, 1.54) is 7.11 Å². The minimum absolute atomic E-state index is 0.0243. The van der Waals surface area contributed by atoms with E-state index < -0.39 is 22.8 Å². The molecule has 10 heteroatoms. The van der Waals surface area contributed by atoms with Crippen molar-refractivity contribution >= 4 is 11.9 Å². The lowest BCUT2D eigenvalue weighted by Gasteiger charge is -2.10. The van der Waals surface area contributed by atoms with E-state index in [9.17, 15) is 14.9 Å². The number of aromatic nitrogens is 3. The maximum Gasteiger partial charge on any atom is 0.490 e. The molecule has 0 saturated carbocycles. The van der Waals surface area contributed by atoms with Crippen LogP contribution in [0.25, 0.3) is 0 Å². The molecule has 1 unspecified atom stereocenters. The first-order chi connectivity index (χ1) is 7.60. The Morgan fingerprint density at radius 1 is 1.88 bits per heavy atom. The van der Waals surface area contributed by atoms with Gasteiger partial charge in [-0.1, -0.05) is 4.98 Å². The molecule has 3 N–H and O–H groups in total. The predicted octanol–water partition coefficient (Wildman–Crippen LogP) is -1.64. The van der Waals surface area contributed by atoms with Gasteiger partial charge >= 0.3 is 5.95 Å². The van der Waals surface area contributed by atoms with Crippen LogP contribution < -0.4 is 11.3 Å². The number of hydrogen-bond donors (Lipinski definition) is 2. The molecule has 0 radical (unpaired) electrons. The van der Waals surface area contributed by atoms with Crippen molar-refractivity contribution in [2.24, 2.45) is 5.84 Å². The highest BCUT2D eigenvalue weighted by atomic mass is 16.6. The minimum atomic E-state index is -0.892. The highest BCUT2D eigenvalue weighted by Gasteiger charge is 2.26. The number of hydrazine groups is 1. The number of carbonyl (C=O) groups excluding carboxylic acids is 1. The average Bonchev–Trinajstić information content (AvgIpc) is 2.74. The van der Waals surface area contributed by atoms with E-state index >= 15 is 0 Å². The van der Waals surface area contributed by atoms with Crippen molar-refractivity contribution in [3.63, 3.8) is 0 Å². The average molecular weight is 230 g/mol. The van der Waals surface area contributed by atoms with Gasteiger partial charge in [-0.05, 0) is 4.92 Å². The van der Waals surface area contributed by atoms with Crippen LogP contribution in [0.3, 0.4) is 0 Å². The molecule has 0 fully saturated rings. The molecule has 0 spiro atoms. The van der Waals surface area contributed by atoms with Crippen LogP contribution >= 0.6 is 0 Å². The topological polar surface area (TPSA) is 138 Å². The van der Waals surface area contributed by atoms with Crippen molar-refractivity contribution in [2.75, 3.05) is 13.7 Å². The standard InChI is InChI=1S/C6H10N6O4/c1-16-2-4(5(13)9-7)11-3-8-6(10-11)12(14)15/h3-4H,2,7H2,1H3,(H,9,13). The molecule has 88 valence electrons. The summed E-state index contributed by atoms with van der Waals surface area (Å²) < 4.78 is 5.79. The van der Waals surface area contributed by atoms with Crippen molar-refractivity contribution in [3.8, 4) is 0 Å². The van der Waals surface area contributed by atoms with E-state index in [2.05, 4.69) is 10.1 Å². The molecule has 16 heavy (non-hydrogen) atoms. The monoisotopic (exact) mass is 230 g/mol. The van der Waals surface area contributed by atoms with E-state index in [0.29, 0.717) is 0 Å². The Kier molecular flexibility index (Phi) is 3.85. The van der Waals surface area contributed by atoms with Crippen LogP contribution in [0.15, 0.2) is 6.33 Å². The van der Waals surface area contributed by atoms with E-state index in [1.807, 2.05) is 5.43 Å². The zero-order valence-electron chi connectivity index (χ0n) is 8.36. The predicted molar refractivity (Wildman–Crippen MR) is 49.9 cm³/mol.